The number of likely N-dealkylation sites (tertiary alicyclic amines) is 1. The monoisotopic (exact) mass is 326 g/mol. The van der Waals surface area contributed by atoms with Gasteiger partial charge in [0, 0.05) is 26.2 Å². The van der Waals surface area contributed by atoms with Gasteiger partial charge in [-0.15, -0.1) is 0 Å². The number of hydrogen-bond acceptors (Lipinski definition) is 3. The Kier molecular flexibility index (Phi) is 4.64. The average molecular weight is 326 g/mol. The fourth-order valence-corrected chi connectivity index (χ4v) is 2.95. The molecule has 0 aliphatic carbocycles. The summed E-state index contributed by atoms with van der Waals surface area (Å²) in [6.07, 6.45) is 4.56. The zero-order chi connectivity index (χ0) is 17.1. The lowest BCUT2D eigenvalue weighted by Gasteiger charge is -2.24. The zero-order valence-electron chi connectivity index (χ0n) is 14.0. The minimum atomic E-state index is -0.400. The van der Waals surface area contributed by atoms with E-state index in [9.17, 15) is 9.59 Å². The molecule has 1 aliphatic rings. The van der Waals surface area contributed by atoms with Crippen LogP contribution in [0.15, 0.2) is 36.8 Å². The van der Waals surface area contributed by atoms with Crippen molar-refractivity contribution in [2.45, 2.75) is 38.9 Å². The molecule has 24 heavy (non-hydrogen) atoms. The Morgan fingerprint density at radius 2 is 2.08 bits per heavy atom. The molecule has 126 valence electrons. The Balaban J connectivity index is 1.63. The van der Waals surface area contributed by atoms with Gasteiger partial charge in [0.2, 0.25) is 11.8 Å². The van der Waals surface area contributed by atoms with Crippen LogP contribution in [0.3, 0.4) is 0 Å². The summed E-state index contributed by atoms with van der Waals surface area (Å²) in [5, 5.41) is 2.89. The van der Waals surface area contributed by atoms with Gasteiger partial charge in [-0.2, -0.15) is 0 Å². The van der Waals surface area contributed by atoms with E-state index in [1.54, 1.807) is 11.2 Å². The van der Waals surface area contributed by atoms with Crippen molar-refractivity contribution in [1.82, 2.24) is 19.8 Å². The maximum absolute atomic E-state index is 12.5. The first-order valence-corrected chi connectivity index (χ1v) is 8.12. The smallest absolute Gasteiger partial charge is 0.243 e. The highest BCUT2D eigenvalue weighted by atomic mass is 16.2. The molecule has 0 spiro atoms. The summed E-state index contributed by atoms with van der Waals surface area (Å²) in [6, 6.07) is 7.65. The first-order valence-electron chi connectivity index (χ1n) is 8.12. The molecule has 0 radical (unpaired) electrons. The lowest BCUT2D eigenvalue weighted by atomic mass is 10.1. The molecule has 3 rings (SSSR count). The summed E-state index contributed by atoms with van der Waals surface area (Å²) >= 11 is 0. The number of carbonyl (C=O) groups is 2. The van der Waals surface area contributed by atoms with Crippen LogP contribution < -0.4 is 5.32 Å². The first-order chi connectivity index (χ1) is 11.5. The average Bonchev–Trinajstić information content (AvgIpc) is 3.14. The number of nitrogens with zero attached hydrogens (tertiary/aromatic N) is 3. The molecule has 0 bridgehead atoms. The van der Waals surface area contributed by atoms with Gasteiger partial charge >= 0.3 is 0 Å². The Hall–Kier alpha value is -2.63. The molecule has 0 saturated carbocycles. The van der Waals surface area contributed by atoms with Crippen LogP contribution in [0.2, 0.25) is 0 Å². The zero-order valence-corrected chi connectivity index (χ0v) is 14.0. The third kappa shape index (κ3) is 3.64. The Labute approximate surface area is 141 Å². The van der Waals surface area contributed by atoms with Crippen molar-refractivity contribution in [3.63, 3.8) is 0 Å². The van der Waals surface area contributed by atoms with Crippen LogP contribution in [-0.4, -0.2) is 32.3 Å². The predicted octanol–water partition coefficient (Wildman–Crippen LogP) is 1.54. The highest BCUT2D eigenvalue weighted by molar-refractivity contribution is 5.90. The number of rotatable bonds is 5. The van der Waals surface area contributed by atoms with Gasteiger partial charge in [-0.3, -0.25) is 9.59 Å². The molecule has 6 heteroatoms. The van der Waals surface area contributed by atoms with Gasteiger partial charge in [0.15, 0.2) is 0 Å². The summed E-state index contributed by atoms with van der Waals surface area (Å²) < 4.78 is 1.84. The van der Waals surface area contributed by atoms with Crippen LogP contribution in [0.5, 0.6) is 0 Å². The summed E-state index contributed by atoms with van der Waals surface area (Å²) in [4.78, 5) is 30.5. The summed E-state index contributed by atoms with van der Waals surface area (Å²) in [6.45, 7) is 2.88. The number of aromatic nitrogens is 2. The number of hydrogen-bond donors (Lipinski definition) is 1. The molecular formula is C18H22N4O2. The quantitative estimate of drug-likeness (QED) is 0.906. The van der Waals surface area contributed by atoms with E-state index in [0.29, 0.717) is 25.9 Å². The maximum Gasteiger partial charge on any atom is 0.243 e. The molecule has 1 fully saturated rings. The number of imidazole rings is 1. The number of aryl methyl sites for hydroxylation is 2. The Morgan fingerprint density at radius 3 is 2.75 bits per heavy atom. The number of benzene rings is 1. The molecule has 1 atom stereocenters. The highest BCUT2D eigenvalue weighted by Crippen LogP contribution is 2.22. The first kappa shape index (κ1) is 16.2. The van der Waals surface area contributed by atoms with E-state index < -0.39 is 6.04 Å². The molecule has 1 N–H and O–H groups in total. The van der Waals surface area contributed by atoms with E-state index in [4.69, 9.17) is 0 Å². The van der Waals surface area contributed by atoms with Crippen LogP contribution in [-0.2, 0) is 29.7 Å². The van der Waals surface area contributed by atoms with Crippen molar-refractivity contribution < 1.29 is 9.59 Å². The molecule has 1 unspecified atom stereocenters. The summed E-state index contributed by atoms with van der Waals surface area (Å²) in [7, 11) is 1.89. The van der Waals surface area contributed by atoms with E-state index >= 15 is 0 Å². The lowest BCUT2D eigenvalue weighted by Crippen LogP contribution is -2.44. The minimum absolute atomic E-state index is 0.0357. The number of amides is 2. The standard InChI is InChI=1S/C18H22N4O2/c1-13-3-5-14(6-4-13)10-22-16(7-8-17(22)23)18(24)19-9-15-11-21(2)12-20-15/h3-6,11-12,16H,7-10H2,1-2H3,(H,19,24). The molecule has 1 aromatic carbocycles. The van der Waals surface area contributed by atoms with E-state index in [2.05, 4.69) is 10.3 Å². The molecule has 2 aromatic rings. The van der Waals surface area contributed by atoms with Crippen LogP contribution in [0.4, 0.5) is 0 Å². The topological polar surface area (TPSA) is 67.2 Å². The van der Waals surface area contributed by atoms with E-state index in [-0.39, 0.29) is 11.8 Å². The van der Waals surface area contributed by atoms with Crippen molar-refractivity contribution >= 4 is 11.8 Å². The molecule has 1 saturated heterocycles. The van der Waals surface area contributed by atoms with Gasteiger partial charge in [-0.25, -0.2) is 4.98 Å². The van der Waals surface area contributed by atoms with Crippen LogP contribution in [0, 0.1) is 6.92 Å². The van der Waals surface area contributed by atoms with Crippen LogP contribution in [0.1, 0.15) is 29.7 Å². The Morgan fingerprint density at radius 1 is 1.33 bits per heavy atom. The van der Waals surface area contributed by atoms with Gasteiger partial charge in [-0.1, -0.05) is 29.8 Å². The fraction of sp³-hybridized carbons (Fsp3) is 0.389. The summed E-state index contributed by atoms with van der Waals surface area (Å²) in [5.41, 5.74) is 3.02. The normalized spacial score (nSPS) is 17.3. The molecule has 2 heterocycles. The van der Waals surface area contributed by atoms with Crippen molar-refractivity contribution in [2.75, 3.05) is 0 Å². The molecule has 1 aliphatic heterocycles. The minimum Gasteiger partial charge on any atom is -0.349 e. The van der Waals surface area contributed by atoms with E-state index in [1.165, 1.54) is 5.56 Å². The second-order valence-electron chi connectivity index (χ2n) is 6.31. The van der Waals surface area contributed by atoms with Crippen LogP contribution in [0.25, 0.3) is 0 Å². The number of carbonyl (C=O) groups excluding carboxylic acids is 2. The van der Waals surface area contributed by atoms with Crippen molar-refractivity contribution in [1.29, 1.82) is 0 Å². The van der Waals surface area contributed by atoms with Crippen molar-refractivity contribution in [3.8, 4) is 0 Å². The molecule has 1 aromatic heterocycles. The largest absolute Gasteiger partial charge is 0.349 e. The van der Waals surface area contributed by atoms with Gasteiger partial charge < -0.3 is 14.8 Å². The Bertz CT molecular complexity index is 736. The van der Waals surface area contributed by atoms with Crippen LogP contribution >= 0.6 is 0 Å². The molecule has 2 amide bonds. The van der Waals surface area contributed by atoms with Gasteiger partial charge in [-0.05, 0) is 18.9 Å². The van der Waals surface area contributed by atoms with Crippen molar-refractivity contribution in [3.05, 3.63) is 53.6 Å². The van der Waals surface area contributed by atoms with Gasteiger partial charge in [0.1, 0.15) is 6.04 Å². The van der Waals surface area contributed by atoms with E-state index in [0.717, 1.165) is 11.3 Å². The lowest BCUT2D eigenvalue weighted by molar-refractivity contribution is -0.135. The highest BCUT2D eigenvalue weighted by Gasteiger charge is 2.35. The fourth-order valence-electron chi connectivity index (χ4n) is 2.95. The van der Waals surface area contributed by atoms with Gasteiger partial charge in [0.05, 0.1) is 18.6 Å². The molecule has 6 nitrogen and oxygen atoms in total. The van der Waals surface area contributed by atoms with E-state index in [1.807, 2.05) is 49.0 Å². The van der Waals surface area contributed by atoms with Crippen molar-refractivity contribution in [2.24, 2.45) is 7.05 Å². The number of nitrogens with one attached hydrogen (secondary N) is 1. The second kappa shape index (κ2) is 6.86. The SMILES string of the molecule is Cc1ccc(CN2C(=O)CCC2C(=O)NCc2cn(C)cn2)cc1. The second-order valence-corrected chi connectivity index (χ2v) is 6.31. The van der Waals surface area contributed by atoms with Gasteiger partial charge in [0.25, 0.3) is 0 Å². The predicted molar refractivity (Wildman–Crippen MR) is 89.8 cm³/mol. The third-order valence-electron chi connectivity index (χ3n) is 4.31. The summed E-state index contributed by atoms with van der Waals surface area (Å²) in [5.74, 6) is -0.0767. The maximum atomic E-state index is 12.5. The third-order valence-corrected chi connectivity index (χ3v) is 4.31. The molecular weight excluding hydrogens is 304 g/mol.